The lowest BCUT2D eigenvalue weighted by Crippen LogP contribution is -2.41. The Bertz CT molecular complexity index is 1490. The zero-order valence-corrected chi connectivity index (χ0v) is 23.5. The first-order valence-corrected chi connectivity index (χ1v) is 13.3. The van der Waals surface area contributed by atoms with E-state index in [9.17, 15) is 15.0 Å². The second-order valence-electron chi connectivity index (χ2n) is 8.48. The van der Waals surface area contributed by atoms with Crippen molar-refractivity contribution in [2.45, 2.75) is 44.9 Å². The molecule has 1 aliphatic rings. The average molecular weight is 658 g/mol. The molecule has 0 spiro atoms. The summed E-state index contributed by atoms with van der Waals surface area (Å²) in [5.74, 6) is -0.232. The summed E-state index contributed by atoms with van der Waals surface area (Å²) in [6, 6.07) is 2.41. The molecule has 16 heteroatoms. The van der Waals surface area contributed by atoms with Gasteiger partial charge in [0.15, 0.2) is 34.9 Å². The number of likely N-dealkylation sites (N-methyl/N-ethyl adjacent to an activating group) is 1. The van der Waals surface area contributed by atoms with E-state index in [1.165, 1.54) is 17.9 Å². The van der Waals surface area contributed by atoms with E-state index in [0.717, 1.165) is 16.7 Å². The normalized spacial score (nSPS) is 21.3. The highest BCUT2D eigenvalue weighted by atomic mass is 127. The van der Waals surface area contributed by atoms with E-state index < -0.39 is 30.4 Å². The molecule has 0 aromatic carbocycles. The van der Waals surface area contributed by atoms with E-state index in [1.54, 1.807) is 0 Å². The number of amides is 1. The van der Waals surface area contributed by atoms with Crippen molar-refractivity contribution in [2.75, 3.05) is 30.4 Å². The third-order valence-electron chi connectivity index (χ3n) is 6.24. The van der Waals surface area contributed by atoms with Crippen molar-refractivity contribution in [3.8, 4) is 0 Å². The van der Waals surface area contributed by atoms with Crippen LogP contribution in [0, 0.1) is 3.57 Å². The first-order chi connectivity index (χ1) is 18.2. The van der Waals surface area contributed by atoms with Crippen molar-refractivity contribution in [1.29, 1.82) is 0 Å². The molecule has 14 nitrogen and oxygen atoms in total. The van der Waals surface area contributed by atoms with Crippen molar-refractivity contribution in [2.24, 2.45) is 0 Å². The minimum atomic E-state index is -1.44. The number of carbonyl (C=O) groups excluding carboxylic acids is 1. The highest BCUT2D eigenvalue weighted by Gasteiger charge is 2.47. The van der Waals surface area contributed by atoms with Crippen LogP contribution in [0.3, 0.4) is 0 Å². The minimum Gasteiger partial charge on any atom is -0.420 e. The van der Waals surface area contributed by atoms with Crippen LogP contribution in [0.15, 0.2) is 16.8 Å². The number of hydrogen-bond donors (Lipinski definition) is 4. The summed E-state index contributed by atoms with van der Waals surface area (Å²) < 4.78 is 13.8. The molecule has 1 amide bonds. The van der Waals surface area contributed by atoms with Crippen LogP contribution in [0.25, 0.3) is 22.4 Å². The van der Waals surface area contributed by atoms with Gasteiger partial charge in [-0.2, -0.15) is 15.0 Å². The summed E-state index contributed by atoms with van der Waals surface area (Å²) in [5, 5.41) is 26.4. The summed E-state index contributed by atoms with van der Waals surface area (Å²) in [5.41, 5.74) is 2.41. The van der Waals surface area contributed by atoms with Gasteiger partial charge >= 0.3 is 0 Å². The predicted octanol–water partition coefficient (Wildman–Crippen LogP) is 1.44. The van der Waals surface area contributed by atoms with Gasteiger partial charge in [0.05, 0.1) is 22.1 Å². The van der Waals surface area contributed by atoms with E-state index in [2.05, 4.69) is 58.1 Å². The quantitative estimate of drug-likeness (QED) is 0.159. The van der Waals surface area contributed by atoms with Crippen LogP contribution in [0.1, 0.15) is 25.8 Å². The molecule has 0 aliphatic carbocycles. The smallest absolute Gasteiger partial charge is 0.299 e. The van der Waals surface area contributed by atoms with Crippen molar-refractivity contribution >= 4 is 74.3 Å². The molecule has 0 bridgehead atoms. The summed E-state index contributed by atoms with van der Waals surface area (Å²) in [4.78, 5) is 36.1. The second kappa shape index (κ2) is 10.7. The molecule has 0 unspecified atom stereocenters. The number of fused-ring (bicyclic) bond motifs is 2. The van der Waals surface area contributed by atoms with Gasteiger partial charge in [-0.15, -0.1) is 0 Å². The molecule has 1 aliphatic heterocycles. The van der Waals surface area contributed by atoms with E-state index in [-0.39, 0.29) is 17.5 Å². The van der Waals surface area contributed by atoms with Gasteiger partial charge < -0.3 is 34.9 Å². The topological polar surface area (TPSA) is 177 Å². The maximum Gasteiger partial charge on any atom is 0.299 e. The molecule has 1 fully saturated rings. The molecule has 202 valence electrons. The van der Waals surface area contributed by atoms with Crippen LogP contribution < -0.4 is 15.5 Å². The highest BCUT2D eigenvalue weighted by molar-refractivity contribution is 14.1. The van der Waals surface area contributed by atoms with E-state index in [1.807, 2.05) is 24.8 Å². The summed E-state index contributed by atoms with van der Waals surface area (Å²) in [6.07, 6.45) is -3.83. The molecular formula is C22H25ClIN9O5. The fourth-order valence-corrected chi connectivity index (χ4v) is 5.13. The van der Waals surface area contributed by atoms with E-state index in [0.29, 0.717) is 34.3 Å². The fourth-order valence-electron chi connectivity index (χ4n) is 4.25. The monoisotopic (exact) mass is 657 g/mol. The number of halogens is 2. The first kappa shape index (κ1) is 26.7. The van der Waals surface area contributed by atoms with Crippen LogP contribution in [-0.4, -0.2) is 84.1 Å². The Kier molecular flexibility index (Phi) is 7.54. The first-order valence-electron chi connectivity index (χ1n) is 11.8. The van der Waals surface area contributed by atoms with Gasteiger partial charge in [-0.05, 0) is 54.1 Å². The van der Waals surface area contributed by atoms with Gasteiger partial charge in [-0.25, -0.2) is 9.97 Å². The molecule has 38 heavy (non-hydrogen) atoms. The summed E-state index contributed by atoms with van der Waals surface area (Å²) >= 11 is 8.39. The van der Waals surface area contributed by atoms with Crippen LogP contribution in [-0.2, 0) is 16.1 Å². The number of carbonyl (C=O) groups is 1. The number of hydrogen-bond acceptors (Lipinski definition) is 12. The van der Waals surface area contributed by atoms with Crippen LogP contribution in [0.2, 0.25) is 5.28 Å². The number of imidazole rings is 1. The number of pyridine rings is 1. The number of rotatable bonds is 8. The number of oxazole rings is 1. The second-order valence-corrected chi connectivity index (χ2v) is 9.98. The Morgan fingerprint density at radius 2 is 1.97 bits per heavy atom. The van der Waals surface area contributed by atoms with Crippen molar-refractivity contribution < 1.29 is 24.2 Å². The molecule has 1 saturated heterocycles. The molecule has 4 aromatic rings. The molecule has 0 saturated carbocycles. The van der Waals surface area contributed by atoms with Crippen molar-refractivity contribution in [3.63, 3.8) is 0 Å². The SMILES string of the molecule is CCN(CC)c1nc2nc(CNc3nc(Cl)nc4c3ncn4[C@@H]3O[C@H](C(=O)NC)[C@@H](O)[C@H]3O)cc(I)c2o1. The Balaban J connectivity index is 1.42. The number of anilines is 2. The summed E-state index contributed by atoms with van der Waals surface area (Å²) in [7, 11) is 1.41. The van der Waals surface area contributed by atoms with E-state index >= 15 is 0 Å². The van der Waals surface area contributed by atoms with Gasteiger partial charge in [0.25, 0.3) is 11.9 Å². The predicted molar refractivity (Wildman–Crippen MR) is 146 cm³/mol. The largest absolute Gasteiger partial charge is 0.420 e. The number of aromatic nitrogens is 6. The highest BCUT2D eigenvalue weighted by Crippen LogP contribution is 2.33. The minimum absolute atomic E-state index is 0.0732. The van der Waals surface area contributed by atoms with Crippen LogP contribution in [0.5, 0.6) is 0 Å². The molecular weight excluding hydrogens is 633 g/mol. The Morgan fingerprint density at radius 3 is 2.68 bits per heavy atom. The average Bonchev–Trinajstić information content (AvgIpc) is 3.59. The molecule has 0 radical (unpaired) electrons. The van der Waals surface area contributed by atoms with Crippen molar-refractivity contribution in [3.05, 3.63) is 26.9 Å². The lowest BCUT2D eigenvalue weighted by Gasteiger charge is -2.16. The summed E-state index contributed by atoms with van der Waals surface area (Å²) in [6.45, 7) is 5.86. The number of nitrogens with one attached hydrogen (secondary N) is 2. The number of nitrogens with zero attached hydrogens (tertiary/aromatic N) is 7. The molecule has 4 aromatic heterocycles. The Labute approximate surface area is 234 Å². The van der Waals surface area contributed by atoms with Crippen LogP contribution in [0.4, 0.5) is 11.8 Å². The maximum atomic E-state index is 12.0. The fraction of sp³-hybridized carbons (Fsp3) is 0.455. The van der Waals surface area contributed by atoms with Gasteiger partial charge in [-0.3, -0.25) is 9.36 Å². The Hall–Kier alpha value is -2.86. The molecule has 4 N–H and O–H groups in total. The van der Waals surface area contributed by atoms with Crippen LogP contribution >= 0.6 is 34.2 Å². The van der Waals surface area contributed by atoms with Gasteiger partial charge in [0.1, 0.15) is 12.2 Å². The number of aliphatic hydroxyl groups excluding tert-OH is 2. The lowest BCUT2D eigenvalue weighted by molar-refractivity contribution is -0.137. The third kappa shape index (κ3) is 4.72. The zero-order valence-electron chi connectivity index (χ0n) is 20.6. The lowest BCUT2D eigenvalue weighted by atomic mass is 10.1. The number of ether oxygens (including phenoxy) is 1. The standard InChI is InChI=1S/C22H25ClIN9O5/c1-4-32(5-2)22-30-17-14(38-22)10(24)6-9(28-17)7-26-16-11-18(31-21(23)29-16)33(8-27-11)20-13(35)12(34)15(37-20)19(36)25-3/h6,8,12-13,15,20,34-35H,4-5,7H2,1-3H3,(H,25,36)(H,26,29,31)/t12-,13+,15-,20+/m0/s1. The van der Waals surface area contributed by atoms with Gasteiger partial charge in [0.2, 0.25) is 10.9 Å². The van der Waals surface area contributed by atoms with E-state index in [4.69, 9.17) is 20.8 Å². The number of aliphatic hydroxyl groups is 2. The molecule has 5 rings (SSSR count). The molecule has 5 heterocycles. The molecule has 4 atom stereocenters. The third-order valence-corrected chi connectivity index (χ3v) is 7.21. The van der Waals surface area contributed by atoms with Crippen molar-refractivity contribution in [1.82, 2.24) is 34.8 Å². The maximum absolute atomic E-state index is 12.0. The van der Waals surface area contributed by atoms with Gasteiger partial charge in [-0.1, -0.05) is 0 Å². The van der Waals surface area contributed by atoms with Gasteiger partial charge in [0, 0.05) is 20.1 Å². The zero-order chi connectivity index (χ0) is 27.1. The Morgan fingerprint density at radius 1 is 1.21 bits per heavy atom.